The van der Waals surface area contributed by atoms with Crippen molar-refractivity contribution in [2.45, 2.75) is 88.0 Å². The smallest absolute Gasteiger partial charge is 0.196 e. The quantitative estimate of drug-likeness (QED) is 0.760. The molecule has 2 aliphatic carbocycles. The minimum Gasteiger partial charge on any atom is -0.363 e. The third-order valence-electron chi connectivity index (χ3n) is 7.32. The zero-order valence-electron chi connectivity index (χ0n) is 14.9. The van der Waals surface area contributed by atoms with E-state index in [1.165, 1.54) is 0 Å². The molecule has 5 fully saturated rings. The highest BCUT2D eigenvalue weighted by Crippen LogP contribution is 2.65. The molecule has 6 atom stereocenters. The molecule has 3 heterocycles. The summed E-state index contributed by atoms with van der Waals surface area (Å²) in [6, 6.07) is 0. The highest BCUT2D eigenvalue weighted by Gasteiger charge is 2.75. The number of allylic oxidation sites excluding steroid dienone is 2. The van der Waals surface area contributed by atoms with Crippen molar-refractivity contribution in [2.24, 2.45) is 11.8 Å². The molecular formula is C20H30O4. The lowest BCUT2D eigenvalue weighted by Crippen LogP contribution is -2.81. The minimum atomic E-state index is -1.31. The molecule has 5 rings (SSSR count). The SMILES string of the molecule is C=C(C)C1CCC23CCC4(CCC(C(=C)C)CC4(O)O2)OC3(O)C1. The van der Waals surface area contributed by atoms with Crippen LogP contribution in [-0.4, -0.2) is 33.0 Å². The third-order valence-corrected chi connectivity index (χ3v) is 7.32. The Labute approximate surface area is 144 Å². The Kier molecular flexibility index (Phi) is 3.45. The fraction of sp³-hybridized carbons (Fsp3) is 0.800. The van der Waals surface area contributed by atoms with Crippen LogP contribution in [0.4, 0.5) is 0 Å². The van der Waals surface area contributed by atoms with Crippen molar-refractivity contribution >= 4 is 0 Å². The zero-order valence-corrected chi connectivity index (χ0v) is 14.9. The predicted molar refractivity (Wildman–Crippen MR) is 91.1 cm³/mol. The van der Waals surface area contributed by atoms with E-state index in [0.717, 1.165) is 36.8 Å². The van der Waals surface area contributed by atoms with Crippen molar-refractivity contribution in [3.05, 3.63) is 24.3 Å². The van der Waals surface area contributed by atoms with Crippen LogP contribution in [-0.2, 0) is 9.47 Å². The van der Waals surface area contributed by atoms with E-state index >= 15 is 0 Å². The summed E-state index contributed by atoms with van der Waals surface area (Å²) in [4.78, 5) is 0. The number of rotatable bonds is 2. The molecule has 0 aromatic rings. The Bertz CT molecular complexity index is 548. The van der Waals surface area contributed by atoms with Gasteiger partial charge in [0.2, 0.25) is 0 Å². The topological polar surface area (TPSA) is 58.9 Å². The van der Waals surface area contributed by atoms with Gasteiger partial charge in [-0.25, -0.2) is 0 Å². The van der Waals surface area contributed by atoms with Gasteiger partial charge in [-0.3, -0.25) is 0 Å². The molecule has 24 heavy (non-hydrogen) atoms. The second-order valence-corrected chi connectivity index (χ2v) is 8.83. The standard InChI is InChI=1S/C20H30O4/c1-13(2)15-5-7-17-9-10-18(23-19(17,21)11-15)8-6-16(14(3)4)12-20(18,22)24-17/h15-16,21-22H,1,3,5-12H2,2,4H3. The Hall–Kier alpha value is -0.680. The van der Waals surface area contributed by atoms with Crippen molar-refractivity contribution in [2.75, 3.05) is 0 Å². The van der Waals surface area contributed by atoms with E-state index in [0.29, 0.717) is 25.7 Å². The largest absolute Gasteiger partial charge is 0.363 e. The van der Waals surface area contributed by atoms with Crippen molar-refractivity contribution in [1.29, 1.82) is 0 Å². The van der Waals surface area contributed by atoms with Crippen molar-refractivity contribution < 1.29 is 19.7 Å². The molecule has 2 saturated carbocycles. The van der Waals surface area contributed by atoms with Crippen LogP contribution >= 0.6 is 0 Å². The number of aliphatic hydroxyl groups is 2. The van der Waals surface area contributed by atoms with Crippen molar-refractivity contribution in [3.63, 3.8) is 0 Å². The lowest BCUT2D eigenvalue weighted by atomic mass is 9.59. The summed E-state index contributed by atoms with van der Waals surface area (Å²) < 4.78 is 12.8. The van der Waals surface area contributed by atoms with E-state index < -0.39 is 22.8 Å². The van der Waals surface area contributed by atoms with Crippen LogP contribution in [0.2, 0.25) is 0 Å². The number of fused-ring (bicyclic) bond motifs is 1. The molecule has 3 aliphatic heterocycles. The van der Waals surface area contributed by atoms with Gasteiger partial charge in [0, 0.05) is 12.8 Å². The highest BCUT2D eigenvalue weighted by molar-refractivity contribution is 5.21. The molecule has 3 saturated heterocycles. The maximum Gasteiger partial charge on any atom is 0.196 e. The molecule has 0 aromatic heterocycles. The zero-order chi connectivity index (χ0) is 17.4. The van der Waals surface area contributed by atoms with Gasteiger partial charge in [0.25, 0.3) is 0 Å². The van der Waals surface area contributed by atoms with Crippen LogP contribution in [0.15, 0.2) is 24.3 Å². The van der Waals surface area contributed by atoms with Gasteiger partial charge in [-0.2, -0.15) is 0 Å². The van der Waals surface area contributed by atoms with E-state index in [1.54, 1.807) is 0 Å². The predicted octanol–water partition coefficient (Wildman–Crippen LogP) is 3.43. The monoisotopic (exact) mass is 334 g/mol. The summed E-state index contributed by atoms with van der Waals surface area (Å²) in [6.07, 6.45) is 5.81. The Morgan fingerprint density at radius 2 is 1.17 bits per heavy atom. The number of hydrogen-bond acceptors (Lipinski definition) is 4. The lowest BCUT2D eigenvalue weighted by Gasteiger charge is -2.70. The molecule has 134 valence electrons. The van der Waals surface area contributed by atoms with Gasteiger partial charge in [-0.1, -0.05) is 24.3 Å². The first kappa shape index (κ1) is 16.8. The van der Waals surface area contributed by atoms with Gasteiger partial charge in [0.15, 0.2) is 11.6 Å². The van der Waals surface area contributed by atoms with Gasteiger partial charge in [0.1, 0.15) is 11.2 Å². The molecule has 4 heteroatoms. The van der Waals surface area contributed by atoms with E-state index in [4.69, 9.17) is 9.47 Å². The summed E-state index contributed by atoms with van der Waals surface area (Å²) >= 11 is 0. The molecule has 0 aromatic carbocycles. The van der Waals surface area contributed by atoms with Crippen LogP contribution in [0.3, 0.4) is 0 Å². The average molecular weight is 334 g/mol. The van der Waals surface area contributed by atoms with E-state index in [2.05, 4.69) is 13.2 Å². The lowest BCUT2D eigenvalue weighted by molar-refractivity contribution is -0.528. The van der Waals surface area contributed by atoms with Crippen LogP contribution in [0.25, 0.3) is 0 Å². The van der Waals surface area contributed by atoms with Crippen LogP contribution in [0.5, 0.6) is 0 Å². The van der Waals surface area contributed by atoms with Crippen LogP contribution in [0, 0.1) is 11.8 Å². The molecule has 2 bridgehead atoms. The van der Waals surface area contributed by atoms with Gasteiger partial charge >= 0.3 is 0 Å². The summed E-state index contributed by atoms with van der Waals surface area (Å²) in [7, 11) is 0. The maximum atomic E-state index is 11.4. The minimum absolute atomic E-state index is 0.250. The van der Waals surface area contributed by atoms with Gasteiger partial charge < -0.3 is 19.7 Å². The molecule has 6 unspecified atom stereocenters. The molecule has 2 spiro atoms. The fourth-order valence-corrected chi connectivity index (χ4v) is 5.61. The Morgan fingerprint density at radius 1 is 0.792 bits per heavy atom. The molecule has 4 nitrogen and oxygen atoms in total. The molecule has 0 amide bonds. The van der Waals surface area contributed by atoms with Crippen molar-refractivity contribution in [3.8, 4) is 0 Å². The first-order valence-corrected chi connectivity index (χ1v) is 9.30. The Morgan fingerprint density at radius 3 is 1.50 bits per heavy atom. The van der Waals surface area contributed by atoms with E-state index in [-0.39, 0.29) is 11.8 Å². The highest BCUT2D eigenvalue weighted by atomic mass is 16.8. The third kappa shape index (κ3) is 2.00. The normalized spacial score (nSPS) is 53.2. The first-order valence-electron chi connectivity index (χ1n) is 9.30. The summed E-state index contributed by atoms with van der Waals surface area (Å²) in [5.41, 5.74) is 0.600. The average Bonchev–Trinajstić information content (AvgIpc) is 2.50. The van der Waals surface area contributed by atoms with Crippen LogP contribution < -0.4 is 0 Å². The first-order chi connectivity index (χ1) is 11.1. The second kappa shape index (κ2) is 4.94. The Balaban J connectivity index is 1.69. The van der Waals surface area contributed by atoms with Gasteiger partial charge in [-0.05, 0) is 64.2 Å². The van der Waals surface area contributed by atoms with E-state index in [1.807, 2.05) is 13.8 Å². The van der Waals surface area contributed by atoms with Gasteiger partial charge in [-0.15, -0.1) is 0 Å². The maximum absolute atomic E-state index is 11.4. The summed E-state index contributed by atoms with van der Waals surface area (Å²) in [5, 5.41) is 22.8. The fourth-order valence-electron chi connectivity index (χ4n) is 5.61. The molecule has 5 aliphatic rings. The van der Waals surface area contributed by atoms with Gasteiger partial charge in [0.05, 0.1) is 0 Å². The van der Waals surface area contributed by atoms with E-state index in [9.17, 15) is 10.2 Å². The number of hydrogen-bond donors (Lipinski definition) is 2. The van der Waals surface area contributed by atoms with Crippen LogP contribution in [0.1, 0.15) is 65.2 Å². The molecular weight excluding hydrogens is 304 g/mol. The van der Waals surface area contributed by atoms with Crippen molar-refractivity contribution in [1.82, 2.24) is 0 Å². The summed E-state index contributed by atoms with van der Waals surface area (Å²) in [5.74, 6) is -2.12. The summed E-state index contributed by atoms with van der Waals surface area (Å²) in [6.45, 7) is 12.2. The number of ether oxygens (including phenoxy) is 2. The molecule has 2 N–H and O–H groups in total. The second-order valence-electron chi connectivity index (χ2n) is 8.83. The molecule has 0 radical (unpaired) electrons.